The predicted octanol–water partition coefficient (Wildman–Crippen LogP) is 0.607. The van der Waals surface area contributed by atoms with Gasteiger partial charge in [-0.05, 0) is 12.1 Å². The maximum Gasteiger partial charge on any atom is 0.311 e. The van der Waals surface area contributed by atoms with Gasteiger partial charge in [0.25, 0.3) is 0 Å². The van der Waals surface area contributed by atoms with Crippen molar-refractivity contribution < 1.29 is 14.3 Å². The van der Waals surface area contributed by atoms with Gasteiger partial charge in [0.1, 0.15) is 5.82 Å². The lowest BCUT2D eigenvalue weighted by Gasteiger charge is -2.14. The van der Waals surface area contributed by atoms with Gasteiger partial charge in [0.2, 0.25) is 5.91 Å². The van der Waals surface area contributed by atoms with Crippen molar-refractivity contribution in [3.8, 4) is 0 Å². The van der Waals surface area contributed by atoms with E-state index in [9.17, 15) is 9.59 Å². The number of ether oxygens (including phenoxy) is 1. The molecule has 2 rings (SSSR count). The van der Waals surface area contributed by atoms with Crippen molar-refractivity contribution in [1.29, 1.82) is 0 Å². The van der Waals surface area contributed by atoms with Crippen LogP contribution in [0.15, 0.2) is 24.4 Å². The second-order valence-electron chi connectivity index (χ2n) is 3.62. The molecule has 1 fully saturated rings. The first-order valence-electron chi connectivity index (χ1n) is 5.01. The molecule has 84 valence electrons. The highest BCUT2D eigenvalue weighted by atomic mass is 16.5. The molecule has 0 aliphatic carbocycles. The van der Waals surface area contributed by atoms with E-state index in [-0.39, 0.29) is 24.2 Å². The van der Waals surface area contributed by atoms with Gasteiger partial charge in [-0.2, -0.15) is 0 Å². The normalized spacial score (nSPS) is 19.9. The fraction of sp³-hybridized carbons (Fsp3) is 0.364. The summed E-state index contributed by atoms with van der Waals surface area (Å²) in [4.78, 5) is 28.6. The van der Waals surface area contributed by atoms with E-state index >= 15 is 0 Å². The Morgan fingerprint density at radius 3 is 3.00 bits per heavy atom. The molecule has 0 saturated carbocycles. The van der Waals surface area contributed by atoms with Crippen LogP contribution in [0.3, 0.4) is 0 Å². The van der Waals surface area contributed by atoms with Gasteiger partial charge in [0.15, 0.2) is 0 Å². The van der Waals surface area contributed by atoms with Gasteiger partial charge in [0, 0.05) is 19.2 Å². The van der Waals surface area contributed by atoms with Crippen LogP contribution >= 0.6 is 0 Å². The van der Waals surface area contributed by atoms with Crippen LogP contribution < -0.4 is 4.90 Å². The van der Waals surface area contributed by atoms with E-state index in [0.29, 0.717) is 12.4 Å². The predicted molar refractivity (Wildman–Crippen MR) is 56.7 cm³/mol. The number of pyridine rings is 1. The lowest BCUT2D eigenvalue weighted by atomic mass is 10.1. The molecule has 0 spiro atoms. The Labute approximate surface area is 93.0 Å². The van der Waals surface area contributed by atoms with E-state index in [1.165, 1.54) is 12.0 Å². The topological polar surface area (TPSA) is 59.5 Å². The number of carbonyl (C=O) groups is 2. The van der Waals surface area contributed by atoms with Crippen LogP contribution in [0.1, 0.15) is 6.42 Å². The van der Waals surface area contributed by atoms with Crippen molar-refractivity contribution >= 4 is 17.7 Å². The quantitative estimate of drug-likeness (QED) is 0.685. The van der Waals surface area contributed by atoms with Gasteiger partial charge in [-0.3, -0.25) is 14.5 Å². The molecule has 1 atom stereocenters. The molecule has 1 aromatic rings. The lowest BCUT2D eigenvalue weighted by Crippen LogP contribution is -2.26. The number of nitrogens with zero attached hydrogens (tertiary/aromatic N) is 2. The summed E-state index contributed by atoms with van der Waals surface area (Å²) < 4.78 is 4.63. The molecular weight excluding hydrogens is 208 g/mol. The summed E-state index contributed by atoms with van der Waals surface area (Å²) >= 11 is 0. The molecule has 1 aromatic heterocycles. The van der Waals surface area contributed by atoms with Gasteiger partial charge >= 0.3 is 5.97 Å². The standard InChI is InChI=1S/C11H12N2O3/c1-16-11(15)8-6-10(14)13(7-8)9-4-2-3-5-12-9/h2-5,8H,6-7H2,1H3. The fourth-order valence-electron chi connectivity index (χ4n) is 1.77. The number of methoxy groups -OCH3 is 1. The monoisotopic (exact) mass is 220 g/mol. The summed E-state index contributed by atoms with van der Waals surface area (Å²) in [5, 5.41) is 0. The van der Waals surface area contributed by atoms with Crippen LogP contribution in [0.2, 0.25) is 0 Å². The Balaban J connectivity index is 2.14. The average molecular weight is 220 g/mol. The van der Waals surface area contributed by atoms with Gasteiger partial charge in [-0.25, -0.2) is 4.98 Å². The van der Waals surface area contributed by atoms with Crippen LogP contribution in [0.5, 0.6) is 0 Å². The van der Waals surface area contributed by atoms with Gasteiger partial charge in [-0.15, -0.1) is 0 Å². The molecule has 5 nitrogen and oxygen atoms in total. The van der Waals surface area contributed by atoms with Crippen molar-refractivity contribution in [2.45, 2.75) is 6.42 Å². The van der Waals surface area contributed by atoms with Gasteiger partial charge in [0.05, 0.1) is 13.0 Å². The van der Waals surface area contributed by atoms with Crippen LogP contribution in [-0.2, 0) is 14.3 Å². The van der Waals surface area contributed by atoms with Crippen molar-refractivity contribution in [2.24, 2.45) is 5.92 Å². The molecule has 2 heterocycles. The highest BCUT2D eigenvalue weighted by Crippen LogP contribution is 2.23. The van der Waals surface area contributed by atoms with Crippen molar-refractivity contribution in [2.75, 3.05) is 18.6 Å². The summed E-state index contributed by atoms with van der Waals surface area (Å²) in [5.41, 5.74) is 0. The second kappa shape index (κ2) is 4.30. The Bertz CT molecular complexity index is 405. The molecule has 0 aromatic carbocycles. The van der Waals surface area contributed by atoms with E-state index < -0.39 is 0 Å². The largest absolute Gasteiger partial charge is 0.469 e. The first-order chi connectivity index (χ1) is 7.72. The van der Waals surface area contributed by atoms with Crippen LogP contribution in [-0.4, -0.2) is 30.5 Å². The van der Waals surface area contributed by atoms with E-state index in [4.69, 9.17) is 0 Å². The van der Waals surface area contributed by atoms with E-state index in [0.717, 1.165) is 0 Å². The van der Waals surface area contributed by atoms with Crippen LogP contribution in [0.25, 0.3) is 0 Å². The molecule has 0 bridgehead atoms. The molecule has 5 heteroatoms. The Kier molecular flexibility index (Phi) is 2.85. The van der Waals surface area contributed by atoms with Crippen molar-refractivity contribution in [1.82, 2.24) is 4.98 Å². The maximum atomic E-state index is 11.7. The smallest absolute Gasteiger partial charge is 0.311 e. The minimum atomic E-state index is -0.375. The Morgan fingerprint density at radius 2 is 2.38 bits per heavy atom. The summed E-state index contributed by atoms with van der Waals surface area (Å²) in [7, 11) is 1.33. The number of carbonyl (C=O) groups excluding carboxylic acids is 2. The molecule has 16 heavy (non-hydrogen) atoms. The van der Waals surface area contributed by atoms with E-state index in [2.05, 4.69) is 9.72 Å². The third kappa shape index (κ3) is 1.88. The number of aromatic nitrogens is 1. The summed E-state index contributed by atoms with van der Waals surface area (Å²) in [6, 6.07) is 5.33. The van der Waals surface area contributed by atoms with Crippen LogP contribution in [0.4, 0.5) is 5.82 Å². The van der Waals surface area contributed by atoms with Gasteiger partial charge in [-0.1, -0.05) is 6.07 Å². The number of esters is 1. The van der Waals surface area contributed by atoms with E-state index in [1.807, 2.05) is 0 Å². The average Bonchev–Trinajstić information content (AvgIpc) is 2.71. The number of rotatable bonds is 2. The zero-order chi connectivity index (χ0) is 11.5. The zero-order valence-electron chi connectivity index (χ0n) is 8.92. The minimum absolute atomic E-state index is 0.0888. The molecule has 1 amide bonds. The fourth-order valence-corrected chi connectivity index (χ4v) is 1.77. The van der Waals surface area contributed by atoms with Gasteiger partial charge < -0.3 is 4.74 Å². The molecule has 0 N–H and O–H groups in total. The number of hydrogen-bond acceptors (Lipinski definition) is 4. The highest BCUT2D eigenvalue weighted by Gasteiger charge is 2.36. The number of amides is 1. The third-order valence-corrected chi connectivity index (χ3v) is 2.59. The first kappa shape index (κ1) is 10.6. The zero-order valence-corrected chi connectivity index (χ0v) is 8.92. The Morgan fingerprint density at radius 1 is 1.56 bits per heavy atom. The summed E-state index contributed by atoms with van der Waals surface area (Å²) in [6.07, 6.45) is 1.82. The summed E-state index contributed by atoms with van der Waals surface area (Å²) in [5.74, 6) is -0.223. The SMILES string of the molecule is COC(=O)C1CC(=O)N(c2ccccn2)C1. The maximum absolute atomic E-state index is 11.7. The molecule has 1 unspecified atom stereocenters. The highest BCUT2D eigenvalue weighted by molar-refractivity contribution is 5.98. The molecule has 0 radical (unpaired) electrons. The molecule has 1 aliphatic rings. The second-order valence-corrected chi connectivity index (χ2v) is 3.62. The van der Waals surface area contributed by atoms with Crippen molar-refractivity contribution in [3.05, 3.63) is 24.4 Å². The molecule has 1 aliphatic heterocycles. The number of hydrogen-bond donors (Lipinski definition) is 0. The number of anilines is 1. The Hall–Kier alpha value is -1.91. The lowest BCUT2D eigenvalue weighted by molar-refractivity contribution is -0.145. The minimum Gasteiger partial charge on any atom is -0.469 e. The van der Waals surface area contributed by atoms with Crippen molar-refractivity contribution in [3.63, 3.8) is 0 Å². The first-order valence-corrected chi connectivity index (χ1v) is 5.01. The summed E-state index contributed by atoms with van der Waals surface area (Å²) in [6.45, 7) is 0.350. The third-order valence-electron chi connectivity index (χ3n) is 2.59. The van der Waals surface area contributed by atoms with Crippen LogP contribution in [0, 0.1) is 5.92 Å². The van der Waals surface area contributed by atoms with E-state index in [1.54, 1.807) is 24.4 Å². The molecular formula is C11H12N2O3. The molecule has 1 saturated heterocycles.